The molecule has 1 amide bonds. The topological polar surface area (TPSA) is 87.2 Å². The number of carbonyl (C=O) groups excluding carboxylic acids is 1. The molecule has 0 saturated carbocycles. The third kappa shape index (κ3) is 6.77. The number of hydrogen-bond acceptors (Lipinski definition) is 5. The van der Waals surface area contributed by atoms with Crippen LogP contribution in [0, 0.1) is 0 Å². The van der Waals surface area contributed by atoms with Crippen molar-refractivity contribution in [3.05, 3.63) is 0 Å². The summed E-state index contributed by atoms with van der Waals surface area (Å²) in [4.78, 5) is 16.4. The lowest BCUT2D eigenvalue weighted by atomic mass is 10.3. The maximum absolute atomic E-state index is 11.4. The first-order valence-electron chi connectivity index (χ1n) is 6.01. The van der Waals surface area contributed by atoms with E-state index in [1.54, 1.807) is 0 Å². The quantitative estimate of drug-likeness (QED) is 0.538. The lowest BCUT2D eigenvalue weighted by Gasteiger charge is -2.22. The van der Waals surface area contributed by atoms with Crippen LogP contribution in [0.15, 0.2) is 0 Å². The maximum atomic E-state index is 11.4. The number of carbonyl (C=O) groups is 1. The molecule has 18 heavy (non-hydrogen) atoms. The van der Waals surface area contributed by atoms with Gasteiger partial charge in [-0.2, -0.15) is 12.7 Å². The Morgan fingerprint density at radius 1 is 1.17 bits per heavy atom. The minimum Gasteiger partial charge on any atom is -0.350 e. The van der Waals surface area contributed by atoms with E-state index in [1.807, 2.05) is 13.8 Å². The summed E-state index contributed by atoms with van der Waals surface area (Å²) in [6.07, 6.45) is 2.45. The summed E-state index contributed by atoms with van der Waals surface area (Å²) in [5.41, 5.74) is 0. The largest absolute Gasteiger partial charge is 0.444 e. The van der Waals surface area contributed by atoms with Crippen LogP contribution in [-0.2, 0) is 15.1 Å². The van der Waals surface area contributed by atoms with Gasteiger partial charge in [-0.3, -0.25) is 4.55 Å². The molecule has 0 spiro atoms. The molecule has 0 unspecified atom stereocenters. The predicted octanol–water partition coefficient (Wildman–Crippen LogP) is 1.67. The second-order valence-electron chi connectivity index (χ2n) is 3.94. The molecule has 1 N–H and O–H groups in total. The summed E-state index contributed by atoms with van der Waals surface area (Å²) in [7, 11) is -3.62. The van der Waals surface area contributed by atoms with Crippen molar-refractivity contribution >= 4 is 16.4 Å². The molecule has 0 rings (SSSR count). The van der Waals surface area contributed by atoms with E-state index < -0.39 is 16.4 Å². The summed E-state index contributed by atoms with van der Waals surface area (Å²) in [5, 5.41) is 1.43. The zero-order valence-electron chi connectivity index (χ0n) is 11.1. The fourth-order valence-electron chi connectivity index (χ4n) is 1.13. The van der Waals surface area contributed by atoms with Crippen molar-refractivity contribution in [1.29, 1.82) is 0 Å². The monoisotopic (exact) mass is 282 g/mol. The number of hydroxylamine groups is 2. The van der Waals surface area contributed by atoms with Gasteiger partial charge in [0.05, 0.1) is 0 Å². The third-order valence-corrected chi connectivity index (χ3v) is 3.17. The molecule has 8 heteroatoms. The van der Waals surface area contributed by atoms with Gasteiger partial charge in [-0.05, 0) is 12.8 Å². The fourth-order valence-corrected chi connectivity index (χ4v) is 1.36. The van der Waals surface area contributed by atoms with Crippen LogP contribution in [0.4, 0.5) is 4.79 Å². The van der Waals surface area contributed by atoms with E-state index in [0.717, 1.165) is 32.7 Å². The fraction of sp³-hybridized carbons (Fsp3) is 0.900. The van der Waals surface area contributed by atoms with Crippen LogP contribution in [0.1, 0.15) is 39.5 Å². The third-order valence-electron chi connectivity index (χ3n) is 2.33. The molecule has 0 aliphatic carbocycles. The minimum atomic E-state index is -4.56. The molecule has 7 nitrogen and oxygen atoms in total. The normalized spacial score (nSPS) is 11.6. The molecule has 108 valence electrons. The van der Waals surface area contributed by atoms with Crippen molar-refractivity contribution in [3.8, 4) is 0 Å². The summed E-state index contributed by atoms with van der Waals surface area (Å²) in [5.74, 6) is 0. The van der Waals surface area contributed by atoms with Gasteiger partial charge in [-0.1, -0.05) is 26.7 Å². The summed E-state index contributed by atoms with van der Waals surface area (Å²) < 4.78 is 30.4. The Hall–Kier alpha value is -0.860. The van der Waals surface area contributed by atoms with Crippen molar-refractivity contribution in [2.24, 2.45) is 0 Å². The molecule has 0 atom stereocenters. The van der Waals surface area contributed by atoms with Crippen LogP contribution in [-0.4, -0.2) is 48.6 Å². The second kappa shape index (κ2) is 8.28. The molecule has 0 radical (unpaired) electrons. The van der Waals surface area contributed by atoms with Crippen molar-refractivity contribution in [2.75, 3.05) is 20.1 Å². The van der Waals surface area contributed by atoms with Crippen LogP contribution in [0.5, 0.6) is 0 Å². The highest BCUT2D eigenvalue weighted by Crippen LogP contribution is 2.04. The first-order valence-corrected chi connectivity index (χ1v) is 7.40. The smallest absolute Gasteiger partial charge is 0.350 e. The molecule has 0 heterocycles. The van der Waals surface area contributed by atoms with Crippen LogP contribution >= 0.6 is 0 Å². The molecule has 0 fully saturated rings. The number of unbranched alkanes of at least 4 members (excludes halogenated alkanes) is 2. The van der Waals surface area contributed by atoms with Crippen molar-refractivity contribution in [1.82, 2.24) is 9.37 Å². The predicted molar refractivity (Wildman–Crippen MR) is 67.2 cm³/mol. The SMILES string of the molecule is CCCCN(CCCC)OC(=O)N(C)S(=O)(=O)O. The second-order valence-corrected chi connectivity index (χ2v) is 5.38. The Balaban J connectivity index is 4.41. The highest BCUT2D eigenvalue weighted by Gasteiger charge is 2.24. The first kappa shape index (κ1) is 17.1. The molecular weight excluding hydrogens is 260 g/mol. The van der Waals surface area contributed by atoms with Gasteiger partial charge in [-0.25, -0.2) is 4.79 Å². The van der Waals surface area contributed by atoms with E-state index in [4.69, 9.17) is 9.39 Å². The molecular formula is C10H22N2O5S. The zero-order chi connectivity index (χ0) is 14.2. The summed E-state index contributed by atoms with van der Waals surface area (Å²) in [6.45, 7) is 5.09. The van der Waals surface area contributed by atoms with E-state index in [9.17, 15) is 13.2 Å². The van der Waals surface area contributed by atoms with Gasteiger partial charge < -0.3 is 4.84 Å². The zero-order valence-corrected chi connectivity index (χ0v) is 11.9. The molecule has 0 aromatic carbocycles. The minimum absolute atomic E-state index is 0.165. The first-order chi connectivity index (χ1) is 8.32. The van der Waals surface area contributed by atoms with Gasteiger partial charge in [0.1, 0.15) is 0 Å². The van der Waals surface area contributed by atoms with Crippen LogP contribution in [0.25, 0.3) is 0 Å². The van der Waals surface area contributed by atoms with Crippen molar-refractivity contribution in [3.63, 3.8) is 0 Å². The molecule has 0 aromatic rings. The number of amides is 1. The lowest BCUT2D eigenvalue weighted by Crippen LogP contribution is -2.39. The Morgan fingerprint density at radius 3 is 1.94 bits per heavy atom. The van der Waals surface area contributed by atoms with Gasteiger partial charge in [0.15, 0.2) is 0 Å². The average molecular weight is 282 g/mol. The standard InChI is InChI=1S/C10H22N2O5S/c1-4-6-8-12(9-7-5-2)17-10(13)11(3)18(14,15)16/h4-9H2,1-3H3,(H,14,15,16). The molecule has 0 bridgehead atoms. The molecule has 0 aliphatic heterocycles. The van der Waals surface area contributed by atoms with Gasteiger partial charge >= 0.3 is 16.4 Å². The average Bonchev–Trinajstić information content (AvgIpc) is 2.30. The van der Waals surface area contributed by atoms with Crippen LogP contribution < -0.4 is 0 Å². The van der Waals surface area contributed by atoms with Gasteiger partial charge in [-0.15, -0.1) is 5.06 Å². The van der Waals surface area contributed by atoms with E-state index in [0.29, 0.717) is 13.1 Å². The van der Waals surface area contributed by atoms with Crippen molar-refractivity contribution < 1.29 is 22.6 Å². The van der Waals surface area contributed by atoms with Crippen molar-refractivity contribution in [2.45, 2.75) is 39.5 Å². The molecule has 0 saturated heterocycles. The lowest BCUT2D eigenvalue weighted by molar-refractivity contribution is -0.107. The van der Waals surface area contributed by atoms with E-state index >= 15 is 0 Å². The molecule has 0 aromatic heterocycles. The van der Waals surface area contributed by atoms with E-state index in [1.165, 1.54) is 5.06 Å². The maximum Gasteiger partial charge on any atom is 0.444 e. The Labute approximate surface area is 109 Å². The summed E-state index contributed by atoms with van der Waals surface area (Å²) >= 11 is 0. The Kier molecular flexibility index (Phi) is 7.88. The Bertz CT molecular complexity index is 336. The highest BCUT2D eigenvalue weighted by atomic mass is 32.2. The summed E-state index contributed by atoms with van der Waals surface area (Å²) in [6, 6.07) is 0. The Morgan fingerprint density at radius 2 is 1.61 bits per heavy atom. The van der Waals surface area contributed by atoms with Gasteiger partial charge in [0.25, 0.3) is 0 Å². The van der Waals surface area contributed by atoms with Crippen LogP contribution in [0.2, 0.25) is 0 Å². The van der Waals surface area contributed by atoms with Gasteiger partial charge in [0, 0.05) is 20.1 Å². The molecule has 0 aliphatic rings. The van der Waals surface area contributed by atoms with Gasteiger partial charge in [0.2, 0.25) is 0 Å². The van der Waals surface area contributed by atoms with E-state index in [2.05, 4.69) is 0 Å². The highest BCUT2D eigenvalue weighted by molar-refractivity contribution is 7.83. The number of hydrogen-bond donors (Lipinski definition) is 1. The number of nitrogens with zero attached hydrogens (tertiary/aromatic N) is 2. The number of rotatable bonds is 8. The van der Waals surface area contributed by atoms with E-state index in [-0.39, 0.29) is 4.31 Å². The van der Waals surface area contributed by atoms with Crippen LogP contribution in [0.3, 0.4) is 0 Å².